The largest absolute Gasteiger partial charge is 0.369 e. The van der Waals surface area contributed by atoms with Gasteiger partial charge in [-0.3, -0.25) is 4.79 Å². The first-order chi connectivity index (χ1) is 11.0. The third-order valence-corrected chi connectivity index (χ3v) is 6.49. The summed E-state index contributed by atoms with van der Waals surface area (Å²) in [6, 6.07) is 6.70. The van der Waals surface area contributed by atoms with Crippen molar-refractivity contribution in [1.82, 2.24) is 9.29 Å². The fourth-order valence-corrected chi connectivity index (χ4v) is 4.88. The van der Waals surface area contributed by atoms with Crippen molar-refractivity contribution in [2.45, 2.75) is 24.2 Å². The summed E-state index contributed by atoms with van der Waals surface area (Å²) in [5, 5.41) is 2.49. The van der Waals surface area contributed by atoms with Crippen molar-refractivity contribution in [3.8, 4) is 11.3 Å². The van der Waals surface area contributed by atoms with Gasteiger partial charge in [-0.1, -0.05) is 12.1 Å². The Kier molecular flexibility index (Phi) is 4.47. The first-order valence-corrected chi connectivity index (χ1v) is 9.62. The predicted molar refractivity (Wildman–Crippen MR) is 88.4 cm³/mol. The molecule has 1 aromatic carbocycles. The fourth-order valence-electron chi connectivity index (χ4n) is 2.55. The molecule has 0 spiro atoms. The molecule has 0 aliphatic carbocycles. The Morgan fingerprint density at radius 3 is 2.48 bits per heavy atom. The molecule has 2 N–H and O–H groups in total. The van der Waals surface area contributed by atoms with E-state index in [9.17, 15) is 13.2 Å². The van der Waals surface area contributed by atoms with E-state index >= 15 is 0 Å². The van der Waals surface area contributed by atoms with Crippen LogP contribution in [0.25, 0.3) is 11.3 Å². The zero-order valence-electron chi connectivity index (χ0n) is 12.4. The molecular weight excluding hydrogens is 334 g/mol. The Bertz CT molecular complexity index is 807. The van der Waals surface area contributed by atoms with Crippen LogP contribution in [0.2, 0.25) is 0 Å². The number of hydrogen-bond donors (Lipinski definition) is 1. The number of amides is 1. The molecule has 2 aromatic rings. The Balaban J connectivity index is 1.82. The van der Waals surface area contributed by atoms with E-state index in [1.165, 1.54) is 15.6 Å². The number of thiazole rings is 1. The number of nitrogens with zero attached hydrogens (tertiary/aromatic N) is 2. The highest BCUT2D eigenvalue weighted by atomic mass is 32.2. The fraction of sp³-hybridized carbons (Fsp3) is 0.333. The normalized spacial score (nSPS) is 15.8. The van der Waals surface area contributed by atoms with Crippen molar-refractivity contribution in [2.24, 2.45) is 5.73 Å². The van der Waals surface area contributed by atoms with Gasteiger partial charge in [0.25, 0.3) is 0 Å². The Hall–Kier alpha value is -1.77. The molecule has 1 aliphatic heterocycles. The number of rotatable bonds is 5. The minimum atomic E-state index is -3.39. The van der Waals surface area contributed by atoms with Crippen molar-refractivity contribution >= 4 is 27.3 Å². The minimum Gasteiger partial charge on any atom is -0.369 e. The zero-order chi connectivity index (χ0) is 16.4. The standard InChI is InChI=1S/C15H17N3O3S2/c16-14(19)9-15-17-13(10-22-15)11-3-5-12(6-4-11)23(20,21)18-7-1-2-8-18/h3-6,10H,1-2,7-9H2,(H2,16,19). The lowest BCUT2D eigenvalue weighted by atomic mass is 10.2. The number of carbonyl (C=O) groups excluding carboxylic acids is 1. The summed E-state index contributed by atoms with van der Waals surface area (Å²) in [5.41, 5.74) is 6.69. The van der Waals surface area contributed by atoms with Crippen LogP contribution in [-0.4, -0.2) is 36.7 Å². The van der Waals surface area contributed by atoms with E-state index < -0.39 is 15.9 Å². The molecule has 8 heteroatoms. The second-order valence-electron chi connectivity index (χ2n) is 5.41. The van der Waals surface area contributed by atoms with E-state index in [4.69, 9.17) is 5.73 Å². The SMILES string of the molecule is NC(=O)Cc1nc(-c2ccc(S(=O)(=O)N3CCCC3)cc2)cs1. The third kappa shape index (κ3) is 3.44. The van der Waals surface area contributed by atoms with Gasteiger partial charge in [0.05, 0.1) is 17.0 Å². The van der Waals surface area contributed by atoms with E-state index in [-0.39, 0.29) is 6.42 Å². The van der Waals surface area contributed by atoms with Crippen LogP contribution in [0, 0.1) is 0 Å². The average Bonchev–Trinajstić information content (AvgIpc) is 3.18. The van der Waals surface area contributed by atoms with Gasteiger partial charge in [-0.2, -0.15) is 4.31 Å². The molecular formula is C15H17N3O3S2. The van der Waals surface area contributed by atoms with Crippen LogP contribution in [0.4, 0.5) is 0 Å². The first kappa shape index (κ1) is 16.1. The molecule has 1 saturated heterocycles. The summed E-state index contributed by atoms with van der Waals surface area (Å²) >= 11 is 1.36. The van der Waals surface area contributed by atoms with E-state index in [0.29, 0.717) is 23.0 Å². The second kappa shape index (κ2) is 6.38. The van der Waals surface area contributed by atoms with Crippen molar-refractivity contribution in [3.63, 3.8) is 0 Å². The lowest BCUT2D eigenvalue weighted by Crippen LogP contribution is -2.27. The zero-order valence-corrected chi connectivity index (χ0v) is 14.1. The molecule has 1 aromatic heterocycles. The summed E-state index contributed by atoms with van der Waals surface area (Å²) in [4.78, 5) is 15.6. The van der Waals surface area contributed by atoms with Gasteiger partial charge in [0.15, 0.2) is 0 Å². The topological polar surface area (TPSA) is 93.4 Å². The number of hydrogen-bond acceptors (Lipinski definition) is 5. The van der Waals surface area contributed by atoms with Crippen LogP contribution < -0.4 is 5.73 Å². The number of benzene rings is 1. The number of sulfonamides is 1. The summed E-state index contributed by atoms with van der Waals surface area (Å²) in [6.07, 6.45) is 1.95. The molecule has 1 fully saturated rings. The lowest BCUT2D eigenvalue weighted by Gasteiger charge is -2.15. The highest BCUT2D eigenvalue weighted by Gasteiger charge is 2.26. The predicted octanol–water partition coefficient (Wildman–Crippen LogP) is 1.62. The summed E-state index contributed by atoms with van der Waals surface area (Å²) in [7, 11) is -3.39. The molecule has 1 aliphatic rings. The molecule has 0 unspecified atom stereocenters. The monoisotopic (exact) mass is 351 g/mol. The summed E-state index contributed by atoms with van der Waals surface area (Å²) in [6.45, 7) is 1.18. The van der Waals surface area contributed by atoms with Gasteiger partial charge >= 0.3 is 0 Å². The van der Waals surface area contributed by atoms with Crippen LogP contribution in [0.1, 0.15) is 17.8 Å². The molecule has 3 rings (SSSR count). The molecule has 6 nitrogen and oxygen atoms in total. The molecule has 2 heterocycles. The Morgan fingerprint density at radius 1 is 1.22 bits per heavy atom. The van der Waals surface area contributed by atoms with Crippen molar-refractivity contribution in [2.75, 3.05) is 13.1 Å². The third-order valence-electron chi connectivity index (χ3n) is 3.73. The highest BCUT2D eigenvalue weighted by molar-refractivity contribution is 7.89. The molecule has 122 valence electrons. The van der Waals surface area contributed by atoms with Crippen molar-refractivity contribution in [3.05, 3.63) is 34.7 Å². The highest BCUT2D eigenvalue weighted by Crippen LogP contribution is 2.26. The number of nitrogens with two attached hydrogens (primary N) is 1. The minimum absolute atomic E-state index is 0.117. The number of aromatic nitrogens is 1. The van der Waals surface area contributed by atoms with Crippen LogP contribution in [0.3, 0.4) is 0 Å². The van der Waals surface area contributed by atoms with Gasteiger partial charge in [0, 0.05) is 24.0 Å². The summed E-state index contributed by atoms with van der Waals surface area (Å²) < 4.78 is 26.5. The van der Waals surface area contributed by atoms with E-state index in [0.717, 1.165) is 24.1 Å². The maximum Gasteiger partial charge on any atom is 0.243 e. The maximum absolute atomic E-state index is 12.5. The van der Waals surface area contributed by atoms with E-state index in [2.05, 4.69) is 4.98 Å². The van der Waals surface area contributed by atoms with Crippen LogP contribution in [0.15, 0.2) is 34.5 Å². The van der Waals surface area contributed by atoms with Gasteiger partial charge in [0.1, 0.15) is 5.01 Å². The lowest BCUT2D eigenvalue weighted by molar-refractivity contribution is -0.117. The second-order valence-corrected chi connectivity index (χ2v) is 8.29. The average molecular weight is 351 g/mol. The molecule has 0 saturated carbocycles. The smallest absolute Gasteiger partial charge is 0.243 e. The van der Waals surface area contributed by atoms with Gasteiger partial charge in [-0.25, -0.2) is 13.4 Å². The van der Waals surface area contributed by atoms with E-state index in [1.807, 2.05) is 5.38 Å². The molecule has 0 atom stereocenters. The molecule has 0 radical (unpaired) electrons. The van der Waals surface area contributed by atoms with E-state index in [1.54, 1.807) is 24.3 Å². The van der Waals surface area contributed by atoms with Gasteiger partial charge in [-0.05, 0) is 25.0 Å². The van der Waals surface area contributed by atoms with Crippen LogP contribution in [-0.2, 0) is 21.2 Å². The van der Waals surface area contributed by atoms with Gasteiger partial charge < -0.3 is 5.73 Å². The Labute approximate surface area is 139 Å². The quantitative estimate of drug-likeness (QED) is 0.886. The molecule has 1 amide bonds. The van der Waals surface area contributed by atoms with Gasteiger partial charge in [0.2, 0.25) is 15.9 Å². The number of carbonyl (C=O) groups is 1. The molecule has 0 bridgehead atoms. The molecule has 23 heavy (non-hydrogen) atoms. The van der Waals surface area contributed by atoms with Crippen LogP contribution in [0.5, 0.6) is 0 Å². The van der Waals surface area contributed by atoms with Gasteiger partial charge in [-0.15, -0.1) is 11.3 Å². The van der Waals surface area contributed by atoms with Crippen LogP contribution >= 0.6 is 11.3 Å². The van der Waals surface area contributed by atoms with Crippen molar-refractivity contribution < 1.29 is 13.2 Å². The Morgan fingerprint density at radius 2 is 1.87 bits per heavy atom. The number of primary amides is 1. The maximum atomic E-state index is 12.5. The van der Waals surface area contributed by atoms with Crippen molar-refractivity contribution in [1.29, 1.82) is 0 Å². The first-order valence-electron chi connectivity index (χ1n) is 7.30. The summed E-state index contributed by atoms with van der Waals surface area (Å²) in [5.74, 6) is -0.419.